The molecule has 0 unspecified atom stereocenters. The minimum absolute atomic E-state index is 0.0216. The molecule has 2 N–H and O–H groups in total. The molecule has 3 rings (SSSR count). The van der Waals surface area contributed by atoms with Gasteiger partial charge >= 0.3 is 0 Å². The summed E-state index contributed by atoms with van der Waals surface area (Å²) in [6.45, 7) is 7.89. The van der Waals surface area contributed by atoms with E-state index in [9.17, 15) is 19.1 Å². The number of hydrogen-bond donors (Lipinski definition) is 2. The molecule has 0 spiro atoms. The summed E-state index contributed by atoms with van der Waals surface area (Å²) in [4.78, 5) is 28.6. The lowest BCUT2D eigenvalue weighted by Gasteiger charge is -2.33. The van der Waals surface area contributed by atoms with Crippen LogP contribution < -0.4 is 5.32 Å². The number of hydrogen-bond acceptors (Lipinski definition) is 3. The summed E-state index contributed by atoms with van der Waals surface area (Å²) in [5.41, 5.74) is 2.88. The summed E-state index contributed by atoms with van der Waals surface area (Å²) in [7, 11) is 0. The number of halogens is 1. The molecule has 0 aliphatic heterocycles. The Morgan fingerprint density at radius 1 is 0.939 bits per heavy atom. The molecule has 33 heavy (non-hydrogen) atoms. The Labute approximate surface area is 193 Å². The molecule has 0 aliphatic carbocycles. The number of nitrogens with one attached hydrogen (secondary N) is 1. The van der Waals surface area contributed by atoms with Crippen molar-refractivity contribution in [2.45, 2.75) is 33.7 Å². The third kappa shape index (κ3) is 5.58. The summed E-state index contributed by atoms with van der Waals surface area (Å²) in [6, 6.07) is 16.6. The van der Waals surface area contributed by atoms with Crippen LogP contribution in [0.3, 0.4) is 0 Å². The zero-order valence-electron chi connectivity index (χ0n) is 19.3. The maximum absolute atomic E-state index is 14.5. The predicted octanol–water partition coefficient (Wildman–Crippen LogP) is 5.63. The van der Waals surface area contributed by atoms with Crippen molar-refractivity contribution >= 4 is 17.5 Å². The molecule has 0 aromatic heterocycles. The van der Waals surface area contributed by atoms with E-state index in [0.29, 0.717) is 11.3 Å². The van der Waals surface area contributed by atoms with Gasteiger partial charge in [0.05, 0.1) is 5.56 Å². The third-order valence-electron chi connectivity index (χ3n) is 5.43. The van der Waals surface area contributed by atoms with Crippen molar-refractivity contribution in [1.29, 1.82) is 0 Å². The third-order valence-corrected chi connectivity index (χ3v) is 5.43. The number of phenols is 1. The van der Waals surface area contributed by atoms with Crippen molar-refractivity contribution in [2.75, 3.05) is 11.9 Å². The van der Waals surface area contributed by atoms with E-state index in [1.54, 1.807) is 18.2 Å². The van der Waals surface area contributed by atoms with E-state index < -0.39 is 23.7 Å². The Balaban J connectivity index is 2.10. The van der Waals surface area contributed by atoms with Gasteiger partial charge in [0.15, 0.2) is 0 Å². The van der Waals surface area contributed by atoms with Crippen LogP contribution in [0.15, 0.2) is 66.7 Å². The molecular weight excluding hydrogens is 419 g/mol. The number of amides is 2. The van der Waals surface area contributed by atoms with Crippen LogP contribution in [0.2, 0.25) is 0 Å². The number of aryl methyl sites for hydroxylation is 2. The van der Waals surface area contributed by atoms with Crippen LogP contribution >= 0.6 is 0 Å². The first-order valence-corrected chi connectivity index (χ1v) is 10.9. The van der Waals surface area contributed by atoms with Gasteiger partial charge in [-0.3, -0.25) is 9.59 Å². The molecule has 0 heterocycles. The summed E-state index contributed by atoms with van der Waals surface area (Å²) < 4.78 is 14.5. The van der Waals surface area contributed by atoms with E-state index in [1.807, 2.05) is 45.9 Å². The van der Waals surface area contributed by atoms with E-state index >= 15 is 0 Å². The van der Waals surface area contributed by atoms with E-state index in [0.717, 1.165) is 11.1 Å². The van der Waals surface area contributed by atoms with Gasteiger partial charge < -0.3 is 15.3 Å². The number of anilines is 1. The Kier molecular flexibility index (Phi) is 7.48. The highest BCUT2D eigenvalue weighted by Crippen LogP contribution is 2.29. The minimum Gasteiger partial charge on any atom is -0.508 e. The van der Waals surface area contributed by atoms with Gasteiger partial charge in [-0.2, -0.15) is 0 Å². The van der Waals surface area contributed by atoms with Crippen LogP contribution in [0.4, 0.5) is 10.1 Å². The van der Waals surface area contributed by atoms with Crippen molar-refractivity contribution in [3.05, 3.63) is 94.8 Å². The first-order chi connectivity index (χ1) is 15.7. The number of carbonyl (C=O) groups excluding carboxylic acids is 2. The van der Waals surface area contributed by atoms with Gasteiger partial charge in [-0.1, -0.05) is 56.3 Å². The molecule has 5 nitrogen and oxygen atoms in total. The average molecular weight is 449 g/mol. The molecular formula is C27H29FN2O3. The van der Waals surface area contributed by atoms with Gasteiger partial charge in [-0.15, -0.1) is 0 Å². The fraction of sp³-hybridized carbons (Fsp3) is 0.259. The quantitative estimate of drug-likeness (QED) is 0.492. The largest absolute Gasteiger partial charge is 0.508 e. The number of rotatable bonds is 7. The highest BCUT2D eigenvalue weighted by atomic mass is 19.1. The van der Waals surface area contributed by atoms with E-state index in [4.69, 9.17) is 0 Å². The maximum atomic E-state index is 14.5. The number of para-hydroxylation sites is 1. The summed E-state index contributed by atoms with van der Waals surface area (Å²) in [6.07, 6.45) is 0. The van der Waals surface area contributed by atoms with Crippen molar-refractivity contribution < 1.29 is 19.1 Å². The monoisotopic (exact) mass is 448 g/mol. The molecule has 0 aliphatic rings. The van der Waals surface area contributed by atoms with Gasteiger partial charge in [0.25, 0.3) is 11.8 Å². The number of benzene rings is 3. The van der Waals surface area contributed by atoms with Crippen LogP contribution in [0.5, 0.6) is 5.75 Å². The molecule has 0 saturated carbocycles. The summed E-state index contributed by atoms with van der Waals surface area (Å²) in [5.74, 6) is -1.56. The standard InChI is InChI=1S/C27H29FN2O3/c1-17(2)16-30(27(33)22-10-5-6-11-23(22)28)25(20-12-14-21(31)15-13-20)26(32)29-24-18(3)8-7-9-19(24)4/h5-15,17,25,31H,16H2,1-4H3,(H,29,32)/t25-/m0/s1. The first kappa shape index (κ1) is 24.0. The molecule has 6 heteroatoms. The second kappa shape index (κ2) is 10.3. The van der Waals surface area contributed by atoms with Crippen molar-refractivity contribution in [3.63, 3.8) is 0 Å². The highest BCUT2D eigenvalue weighted by Gasteiger charge is 2.34. The fourth-order valence-electron chi connectivity index (χ4n) is 3.82. The average Bonchev–Trinajstić information content (AvgIpc) is 2.77. The molecule has 2 amide bonds. The first-order valence-electron chi connectivity index (χ1n) is 10.9. The molecule has 3 aromatic carbocycles. The SMILES string of the molecule is Cc1cccc(C)c1NC(=O)[C@H](c1ccc(O)cc1)N(CC(C)C)C(=O)c1ccccc1F. The minimum atomic E-state index is -1.03. The lowest BCUT2D eigenvalue weighted by atomic mass is 10.00. The van der Waals surface area contributed by atoms with Crippen molar-refractivity contribution in [3.8, 4) is 5.75 Å². The lowest BCUT2D eigenvalue weighted by molar-refractivity contribution is -0.121. The Bertz CT molecular complexity index is 1120. The smallest absolute Gasteiger partial charge is 0.257 e. The van der Waals surface area contributed by atoms with Gasteiger partial charge in [0.1, 0.15) is 17.6 Å². The second-order valence-corrected chi connectivity index (χ2v) is 8.58. The maximum Gasteiger partial charge on any atom is 0.257 e. The van der Waals surface area contributed by atoms with E-state index in [1.165, 1.54) is 35.2 Å². The van der Waals surface area contributed by atoms with Gasteiger partial charge in [-0.05, 0) is 60.7 Å². The zero-order valence-corrected chi connectivity index (χ0v) is 19.3. The Morgan fingerprint density at radius 3 is 2.12 bits per heavy atom. The predicted molar refractivity (Wildman–Crippen MR) is 128 cm³/mol. The zero-order chi connectivity index (χ0) is 24.1. The molecule has 0 saturated heterocycles. The van der Waals surface area contributed by atoms with Crippen LogP contribution in [0.25, 0.3) is 0 Å². The van der Waals surface area contributed by atoms with Crippen LogP contribution in [-0.4, -0.2) is 28.4 Å². The molecule has 0 radical (unpaired) electrons. The van der Waals surface area contributed by atoms with Crippen LogP contribution in [-0.2, 0) is 4.79 Å². The fourth-order valence-corrected chi connectivity index (χ4v) is 3.82. The molecule has 1 atom stereocenters. The van der Waals surface area contributed by atoms with Crippen LogP contribution in [0, 0.1) is 25.6 Å². The molecule has 3 aromatic rings. The molecule has 0 fully saturated rings. The number of carbonyl (C=O) groups is 2. The number of nitrogens with zero attached hydrogens (tertiary/aromatic N) is 1. The van der Waals surface area contributed by atoms with Crippen molar-refractivity contribution in [2.24, 2.45) is 5.92 Å². The number of phenolic OH excluding ortho intramolecular Hbond substituents is 1. The Hall–Kier alpha value is -3.67. The normalized spacial score (nSPS) is 11.8. The molecule has 0 bridgehead atoms. The van der Waals surface area contributed by atoms with Gasteiger partial charge in [0.2, 0.25) is 0 Å². The summed E-state index contributed by atoms with van der Waals surface area (Å²) >= 11 is 0. The van der Waals surface area contributed by atoms with Crippen molar-refractivity contribution in [1.82, 2.24) is 4.90 Å². The van der Waals surface area contributed by atoms with E-state index in [-0.39, 0.29) is 23.8 Å². The lowest BCUT2D eigenvalue weighted by Crippen LogP contribution is -2.43. The number of aromatic hydroxyl groups is 1. The van der Waals surface area contributed by atoms with Crippen LogP contribution in [0.1, 0.15) is 46.9 Å². The molecule has 172 valence electrons. The summed E-state index contributed by atoms with van der Waals surface area (Å²) in [5, 5.41) is 12.7. The van der Waals surface area contributed by atoms with E-state index in [2.05, 4.69) is 5.32 Å². The highest BCUT2D eigenvalue weighted by molar-refractivity contribution is 6.02. The van der Waals surface area contributed by atoms with Gasteiger partial charge in [0, 0.05) is 12.2 Å². The second-order valence-electron chi connectivity index (χ2n) is 8.58. The topological polar surface area (TPSA) is 69.6 Å². The van der Waals surface area contributed by atoms with Gasteiger partial charge in [-0.25, -0.2) is 4.39 Å². The Morgan fingerprint density at radius 2 is 1.55 bits per heavy atom.